The maximum Gasteiger partial charge on any atom is 0.257 e. The maximum atomic E-state index is 11.6. The van der Waals surface area contributed by atoms with Gasteiger partial charge in [0.05, 0.1) is 11.6 Å². The minimum absolute atomic E-state index is 0.0263. The van der Waals surface area contributed by atoms with Crippen molar-refractivity contribution in [2.45, 2.75) is 26.8 Å². The molecular formula is C15H23BrN2O3. The minimum Gasteiger partial charge on any atom is -0.493 e. The quantitative estimate of drug-likeness (QED) is 0.711. The van der Waals surface area contributed by atoms with Crippen LogP contribution in [0.3, 0.4) is 0 Å². The highest BCUT2D eigenvalue weighted by Gasteiger charge is 2.13. The molecule has 0 saturated carbocycles. The van der Waals surface area contributed by atoms with Gasteiger partial charge in [-0.2, -0.15) is 0 Å². The van der Waals surface area contributed by atoms with Gasteiger partial charge in [-0.25, -0.2) is 0 Å². The van der Waals surface area contributed by atoms with Crippen molar-refractivity contribution in [2.24, 2.45) is 0 Å². The summed E-state index contributed by atoms with van der Waals surface area (Å²) in [6.07, 6.45) is 0.901. The fourth-order valence-electron chi connectivity index (χ4n) is 1.74. The highest BCUT2D eigenvalue weighted by atomic mass is 79.9. The summed E-state index contributed by atoms with van der Waals surface area (Å²) in [5.74, 6) is 1.02. The van der Waals surface area contributed by atoms with Crippen molar-refractivity contribution in [3.63, 3.8) is 0 Å². The van der Waals surface area contributed by atoms with Crippen molar-refractivity contribution < 1.29 is 14.3 Å². The average Bonchev–Trinajstić information content (AvgIpc) is 2.49. The molecule has 118 valence electrons. The number of rotatable bonds is 9. The van der Waals surface area contributed by atoms with Crippen molar-refractivity contribution >= 4 is 21.8 Å². The van der Waals surface area contributed by atoms with Crippen LogP contribution in [-0.4, -0.2) is 32.7 Å². The lowest BCUT2D eigenvalue weighted by Gasteiger charge is -2.14. The SMILES string of the molecule is CCCNC(=O)COc1c(Br)cc(CNCC)cc1OC. The van der Waals surface area contributed by atoms with Crippen LogP contribution in [-0.2, 0) is 11.3 Å². The molecule has 2 N–H and O–H groups in total. The molecule has 6 heteroatoms. The van der Waals surface area contributed by atoms with Crippen molar-refractivity contribution in [3.05, 3.63) is 22.2 Å². The second kappa shape index (κ2) is 9.63. The molecule has 0 spiro atoms. The van der Waals surface area contributed by atoms with E-state index in [9.17, 15) is 4.79 Å². The number of benzene rings is 1. The van der Waals surface area contributed by atoms with Gasteiger partial charge in [-0.3, -0.25) is 4.79 Å². The van der Waals surface area contributed by atoms with Crippen LogP contribution >= 0.6 is 15.9 Å². The number of hydrogen-bond acceptors (Lipinski definition) is 4. The third-order valence-corrected chi connectivity index (χ3v) is 3.38. The van der Waals surface area contributed by atoms with Crippen molar-refractivity contribution in [3.8, 4) is 11.5 Å². The van der Waals surface area contributed by atoms with Crippen LogP contribution in [0.4, 0.5) is 0 Å². The molecule has 0 aliphatic heterocycles. The lowest BCUT2D eigenvalue weighted by atomic mass is 10.2. The molecule has 1 amide bonds. The molecule has 5 nitrogen and oxygen atoms in total. The molecule has 1 rings (SSSR count). The number of carbonyl (C=O) groups is 1. The van der Waals surface area contributed by atoms with Crippen LogP contribution in [0.2, 0.25) is 0 Å². The average molecular weight is 359 g/mol. The zero-order valence-electron chi connectivity index (χ0n) is 12.8. The third-order valence-electron chi connectivity index (χ3n) is 2.79. The largest absolute Gasteiger partial charge is 0.493 e. The molecule has 0 bridgehead atoms. The first-order chi connectivity index (χ1) is 10.1. The first kappa shape index (κ1) is 17.8. The van der Waals surface area contributed by atoms with Crippen LogP contribution in [0.1, 0.15) is 25.8 Å². The van der Waals surface area contributed by atoms with Gasteiger partial charge in [-0.05, 0) is 46.6 Å². The van der Waals surface area contributed by atoms with E-state index in [-0.39, 0.29) is 12.5 Å². The number of hydrogen-bond donors (Lipinski definition) is 2. The Bertz CT molecular complexity index is 466. The number of halogens is 1. The molecule has 0 atom stereocenters. The lowest BCUT2D eigenvalue weighted by molar-refractivity contribution is -0.123. The van der Waals surface area contributed by atoms with E-state index in [2.05, 4.69) is 33.5 Å². The third kappa shape index (κ3) is 5.93. The summed E-state index contributed by atoms with van der Waals surface area (Å²) >= 11 is 3.47. The van der Waals surface area contributed by atoms with Crippen LogP contribution in [0, 0.1) is 0 Å². The van der Waals surface area contributed by atoms with Gasteiger partial charge in [0, 0.05) is 13.1 Å². The van der Waals surface area contributed by atoms with Gasteiger partial charge in [0.15, 0.2) is 18.1 Å². The van der Waals surface area contributed by atoms with Gasteiger partial charge >= 0.3 is 0 Å². The van der Waals surface area contributed by atoms with E-state index >= 15 is 0 Å². The van der Waals surface area contributed by atoms with Gasteiger partial charge < -0.3 is 20.1 Å². The monoisotopic (exact) mass is 358 g/mol. The predicted octanol–water partition coefficient (Wildman–Crippen LogP) is 2.47. The summed E-state index contributed by atoms with van der Waals surface area (Å²) in [6, 6.07) is 3.87. The van der Waals surface area contributed by atoms with E-state index in [1.807, 2.05) is 19.1 Å². The van der Waals surface area contributed by atoms with E-state index in [0.29, 0.717) is 18.0 Å². The summed E-state index contributed by atoms with van der Waals surface area (Å²) in [6.45, 7) is 6.34. The Labute approximate surface area is 134 Å². The van der Waals surface area contributed by atoms with Crippen LogP contribution < -0.4 is 20.1 Å². The van der Waals surface area contributed by atoms with Crippen LogP contribution in [0.5, 0.6) is 11.5 Å². The topological polar surface area (TPSA) is 59.6 Å². The van der Waals surface area contributed by atoms with E-state index in [1.54, 1.807) is 7.11 Å². The Balaban J connectivity index is 2.74. The number of methoxy groups -OCH3 is 1. The van der Waals surface area contributed by atoms with Crippen molar-refractivity contribution in [1.29, 1.82) is 0 Å². The molecule has 0 saturated heterocycles. The van der Waals surface area contributed by atoms with Gasteiger partial charge in [0.2, 0.25) is 0 Å². The Hall–Kier alpha value is -1.27. The number of nitrogens with one attached hydrogen (secondary N) is 2. The molecule has 0 radical (unpaired) electrons. The molecule has 1 aromatic rings. The Morgan fingerprint density at radius 2 is 2.10 bits per heavy atom. The molecule has 0 heterocycles. The first-order valence-electron chi connectivity index (χ1n) is 7.08. The highest BCUT2D eigenvalue weighted by molar-refractivity contribution is 9.10. The number of carbonyl (C=O) groups excluding carboxylic acids is 1. The normalized spacial score (nSPS) is 10.3. The molecule has 0 unspecified atom stereocenters. The molecular weight excluding hydrogens is 336 g/mol. The fraction of sp³-hybridized carbons (Fsp3) is 0.533. The Morgan fingerprint density at radius 3 is 2.71 bits per heavy atom. The maximum absolute atomic E-state index is 11.6. The number of ether oxygens (including phenoxy) is 2. The second-order valence-corrected chi connectivity index (χ2v) is 5.38. The van der Waals surface area contributed by atoms with Gasteiger partial charge in [0.25, 0.3) is 5.91 Å². The fourth-order valence-corrected chi connectivity index (χ4v) is 2.34. The first-order valence-corrected chi connectivity index (χ1v) is 7.88. The van der Waals surface area contributed by atoms with Crippen LogP contribution in [0.15, 0.2) is 16.6 Å². The zero-order chi connectivity index (χ0) is 15.7. The van der Waals surface area contributed by atoms with E-state index < -0.39 is 0 Å². The molecule has 0 aliphatic rings. The smallest absolute Gasteiger partial charge is 0.257 e. The van der Waals surface area contributed by atoms with E-state index in [4.69, 9.17) is 9.47 Å². The molecule has 1 aromatic carbocycles. The summed E-state index contributed by atoms with van der Waals surface area (Å²) in [4.78, 5) is 11.6. The molecule has 0 aliphatic carbocycles. The summed E-state index contributed by atoms with van der Waals surface area (Å²) in [7, 11) is 1.59. The van der Waals surface area contributed by atoms with Gasteiger partial charge in [0.1, 0.15) is 0 Å². The predicted molar refractivity (Wildman–Crippen MR) is 86.9 cm³/mol. The van der Waals surface area contributed by atoms with E-state index in [0.717, 1.165) is 29.5 Å². The standard InChI is InChI=1S/C15H23BrN2O3/c1-4-6-18-14(19)10-21-15-12(16)7-11(9-17-5-2)8-13(15)20-3/h7-8,17H,4-6,9-10H2,1-3H3,(H,18,19). The van der Waals surface area contributed by atoms with E-state index in [1.165, 1.54) is 0 Å². The summed E-state index contributed by atoms with van der Waals surface area (Å²) in [5, 5.41) is 6.02. The highest BCUT2D eigenvalue weighted by Crippen LogP contribution is 2.36. The molecule has 21 heavy (non-hydrogen) atoms. The Morgan fingerprint density at radius 1 is 1.33 bits per heavy atom. The van der Waals surface area contributed by atoms with Crippen LogP contribution in [0.25, 0.3) is 0 Å². The lowest BCUT2D eigenvalue weighted by Crippen LogP contribution is -2.29. The second-order valence-electron chi connectivity index (χ2n) is 4.53. The Kier molecular flexibility index (Phi) is 8.15. The van der Waals surface area contributed by atoms with Gasteiger partial charge in [-0.1, -0.05) is 13.8 Å². The molecule has 0 fully saturated rings. The minimum atomic E-state index is -0.137. The summed E-state index contributed by atoms with van der Waals surface area (Å²) < 4.78 is 11.7. The van der Waals surface area contributed by atoms with Crippen molar-refractivity contribution in [1.82, 2.24) is 10.6 Å². The summed E-state index contributed by atoms with van der Waals surface area (Å²) in [5.41, 5.74) is 1.09. The number of amides is 1. The zero-order valence-corrected chi connectivity index (χ0v) is 14.4. The van der Waals surface area contributed by atoms with Crippen molar-refractivity contribution in [2.75, 3.05) is 26.8 Å². The van der Waals surface area contributed by atoms with Gasteiger partial charge in [-0.15, -0.1) is 0 Å². The molecule has 0 aromatic heterocycles.